The largest absolute Gasteiger partial charge is 0.466 e. The van der Waals surface area contributed by atoms with Gasteiger partial charge in [0.15, 0.2) is 0 Å². The summed E-state index contributed by atoms with van der Waals surface area (Å²) in [5.41, 5.74) is 6.47. The minimum atomic E-state index is -0.873. The molecule has 0 radical (unpaired) electrons. The number of esters is 2. The Labute approximate surface area is 157 Å². The Morgan fingerprint density at radius 1 is 1.19 bits per heavy atom. The molecule has 1 unspecified atom stereocenters. The van der Waals surface area contributed by atoms with Crippen molar-refractivity contribution in [3.05, 3.63) is 12.5 Å². The quantitative estimate of drug-likeness (QED) is 0.351. The molecule has 27 heavy (non-hydrogen) atoms. The number of hydrogen-bond acceptors (Lipinski definition) is 9. The Hall–Kier alpha value is -2.91. The van der Waals surface area contributed by atoms with Gasteiger partial charge < -0.3 is 20.0 Å². The van der Waals surface area contributed by atoms with Gasteiger partial charge in [-0.3, -0.25) is 9.59 Å². The fourth-order valence-electron chi connectivity index (χ4n) is 2.26. The lowest BCUT2D eigenvalue weighted by atomic mass is 10.3. The number of nitrogens with two attached hydrogens (primary N) is 1. The maximum atomic E-state index is 11.9. The van der Waals surface area contributed by atoms with Gasteiger partial charge in [0.25, 0.3) is 6.29 Å². The molecule has 0 spiro atoms. The zero-order valence-corrected chi connectivity index (χ0v) is 15.6. The molecule has 2 aromatic rings. The van der Waals surface area contributed by atoms with E-state index in [9.17, 15) is 9.59 Å². The van der Waals surface area contributed by atoms with E-state index < -0.39 is 6.29 Å². The van der Waals surface area contributed by atoms with Crippen LogP contribution in [0.3, 0.4) is 0 Å². The molecule has 148 valence electrons. The minimum Gasteiger partial charge on any atom is -0.466 e. The van der Waals surface area contributed by atoms with E-state index in [1.54, 1.807) is 0 Å². The van der Waals surface area contributed by atoms with E-state index in [4.69, 9.17) is 20.0 Å². The van der Waals surface area contributed by atoms with Crippen LogP contribution in [0.1, 0.15) is 52.4 Å². The van der Waals surface area contributed by atoms with Crippen LogP contribution in [0.2, 0.25) is 0 Å². The summed E-state index contributed by atoms with van der Waals surface area (Å²) in [7, 11) is 0. The lowest BCUT2D eigenvalue weighted by molar-refractivity contribution is -0.181. The average molecular weight is 379 g/mol. The fraction of sp³-hybridized carbons (Fsp3) is 0.588. The molecular formula is C17H25N5O5. The first-order valence-corrected chi connectivity index (χ1v) is 9.01. The van der Waals surface area contributed by atoms with Gasteiger partial charge in [-0.15, -0.1) is 4.73 Å². The van der Waals surface area contributed by atoms with Crippen molar-refractivity contribution >= 4 is 29.1 Å². The van der Waals surface area contributed by atoms with Crippen molar-refractivity contribution in [2.45, 2.75) is 58.7 Å². The Bertz CT molecular complexity index is 763. The molecule has 10 heteroatoms. The Morgan fingerprint density at radius 3 is 2.67 bits per heavy atom. The van der Waals surface area contributed by atoms with Gasteiger partial charge in [-0.2, -0.15) is 4.98 Å². The number of anilines is 1. The molecule has 0 aliphatic rings. The van der Waals surface area contributed by atoms with Gasteiger partial charge in [0.2, 0.25) is 11.6 Å². The number of nitrogens with zero attached hydrogens (tertiary/aromatic N) is 4. The average Bonchev–Trinajstić information content (AvgIpc) is 3.01. The summed E-state index contributed by atoms with van der Waals surface area (Å²) >= 11 is 0. The van der Waals surface area contributed by atoms with Gasteiger partial charge in [-0.25, -0.2) is 9.97 Å². The molecule has 2 aromatic heterocycles. The van der Waals surface area contributed by atoms with E-state index >= 15 is 0 Å². The second-order valence-electron chi connectivity index (χ2n) is 5.89. The van der Waals surface area contributed by atoms with Crippen LogP contribution >= 0.6 is 0 Å². The molecule has 0 amide bonds. The molecule has 0 bridgehead atoms. The third-order valence-corrected chi connectivity index (χ3v) is 3.53. The van der Waals surface area contributed by atoms with Gasteiger partial charge in [-0.05, 0) is 19.3 Å². The van der Waals surface area contributed by atoms with Gasteiger partial charge in [-0.1, -0.05) is 13.8 Å². The number of aromatic nitrogens is 4. The van der Waals surface area contributed by atoms with Crippen LogP contribution in [0.5, 0.6) is 0 Å². The van der Waals surface area contributed by atoms with Crippen molar-refractivity contribution < 1.29 is 23.9 Å². The van der Waals surface area contributed by atoms with Crippen LogP contribution in [0.4, 0.5) is 5.95 Å². The molecule has 0 aliphatic carbocycles. The van der Waals surface area contributed by atoms with E-state index in [0.717, 1.165) is 6.42 Å². The highest BCUT2D eigenvalue weighted by atomic mass is 16.8. The van der Waals surface area contributed by atoms with Crippen molar-refractivity contribution in [3.63, 3.8) is 0 Å². The SMILES string of the molecule is CCCC(=O)OCCCC(OC(=O)CCC)On1cnc2cnc(N)nc21. The molecule has 0 saturated carbocycles. The molecule has 10 nitrogen and oxygen atoms in total. The van der Waals surface area contributed by atoms with Crippen LogP contribution < -0.4 is 10.6 Å². The van der Waals surface area contributed by atoms with Crippen molar-refractivity contribution in [3.8, 4) is 0 Å². The molecule has 0 aromatic carbocycles. The second kappa shape index (κ2) is 10.3. The summed E-state index contributed by atoms with van der Waals surface area (Å²) in [5.74, 6) is -0.537. The van der Waals surface area contributed by atoms with Gasteiger partial charge in [0.05, 0.1) is 12.8 Å². The van der Waals surface area contributed by atoms with Gasteiger partial charge >= 0.3 is 11.9 Å². The number of hydrogen-bond donors (Lipinski definition) is 1. The summed E-state index contributed by atoms with van der Waals surface area (Å²) in [6.45, 7) is 4.02. The first-order chi connectivity index (χ1) is 13.0. The highest BCUT2D eigenvalue weighted by molar-refractivity contribution is 5.70. The zero-order chi connectivity index (χ0) is 19.6. The third kappa shape index (κ3) is 6.39. The molecular weight excluding hydrogens is 354 g/mol. The van der Waals surface area contributed by atoms with Crippen molar-refractivity contribution in [1.29, 1.82) is 0 Å². The van der Waals surface area contributed by atoms with E-state index in [0.29, 0.717) is 36.8 Å². The molecule has 0 aliphatic heterocycles. The lowest BCUT2D eigenvalue weighted by Crippen LogP contribution is -2.30. The van der Waals surface area contributed by atoms with Crippen molar-refractivity contribution in [2.75, 3.05) is 12.3 Å². The molecule has 1 atom stereocenters. The summed E-state index contributed by atoms with van der Waals surface area (Å²) in [6.07, 6.45) is 4.89. The summed E-state index contributed by atoms with van der Waals surface area (Å²) in [5, 5.41) is 0. The molecule has 2 heterocycles. The van der Waals surface area contributed by atoms with Crippen LogP contribution in [-0.4, -0.2) is 44.5 Å². The summed E-state index contributed by atoms with van der Waals surface area (Å²) in [4.78, 5) is 41.1. The molecule has 0 saturated heterocycles. The van der Waals surface area contributed by atoms with Gasteiger partial charge in [0, 0.05) is 19.3 Å². The normalized spacial score (nSPS) is 11.9. The number of imidazole rings is 1. The maximum absolute atomic E-state index is 11.9. The Kier molecular flexibility index (Phi) is 7.78. The van der Waals surface area contributed by atoms with E-state index in [1.165, 1.54) is 17.3 Å². The van der Waals surface area contributed by atoms with Crippen LogP contribution in [0.15, 0.2) is 12.5 Å². The van der Waals surface area contributed by atoms with Crippen LogP contribution in [0, 0.1) is 0 Å². The van der Waals surface area contributed by atoms with E-state index in [1.807, 2.05) is 13.8 Å². The monoisotopic (exact) mass is 379 g/mol. The van der Waals surface area contributed by atoms with Gasteiger partial charge in [0.1, 0.15) is 11.8 Å². The second-order valence-corrected chi connectivity index (χ2v) is 5.89. The minimum absolute atomic E-state index is 0.0789. The molecule has 2 N–H and O–H groups in total. The number of fused-ring (bicyclic) bond motifs is 1. The predicted molar refractivity (Wildman–Crippen MR) is 96.2 cm³/mol. The van der Waals surface area contributed by atoms with Crippen LogP contribution in [-0.2, 0) is 19.1 Å². The Morgan fingerprint density at radius 2 is 1.93 bits per heavy atom. The fourth-order valence-corrected chi connectivity index (χ4v) is 2.26. The molecule has 0 fully saturated rings. The molecule has 2 rings (SSSR count). The summed E-state index contributed by atoms with van der Waals surface area (Å²) < 4.78 is 11.8. The smallest absolute Gasteiger partial charge is 0.308 e. The zero-order valence-electron chi connectivity index (χ0n) is 15.6. The van der Waals surface area contributed by atoms with E-state index in [-0.39, 0.29) is 30.9 Å². The van der Waals surface area contributed by atoms with Crippen LogP contribution in [0.25, 0.3) is 11.2 Å². The Balaban J connectivity index is 1.99. The number of rotatable bonds is 11. The lowest BCUT2D eigenvalue weighted by Gasteiger charge is -2.19. The highest BCUT2D eigenvalue weighted by Crippen LogP contribution is 2.12. The summed E-state index contributed by atoms with van der Waals surface area (Å²) in [6, 6.07) is 0. The predicted octanol–water partition coefficient (Wildman–Crippen LogP) is 1.63. The third-order valence-electron chi connectivity index (χ3n) is 3.53. The number of nitrogen functional groups attached to an aromatic ring is 1. The number of carbonyl (C=O) groups excluding carboxylic acids is 2. The standard InChI is InChI=1S/C17H25N5O5/c1-3-6-13(23)25-9-5-8-15(26-14(24)7-4-2)27-22-11-20-12-10-19-17(18)21-16(12)22/h10-11,15H,3-9H2,1-2H3,(H2,18,19,21). The number of ether oxygens (including phenoxy) is 2. The van der Waals surface area contributed by atoms with Crippen molar-refractivity contribution in [2.24, 2.45) is 0 Å². The van der Waals surface area contributed by atoms with Crippen molar-refractivity contribution in [1.82, 2.24) is 19.7 Å². The highest BCUT2D eigenvalue weighted by Gasteiger charge is 2.18. The maximum Gasteiger partial charge on any atom is 0.308 e. The van der Waals surface area contributed by atoms with E-state index in [2.05, 4.69) is 15.0 Å². The first-order valence-electron chi connectivity index (χ1n) is 9.01. The number of carbonyl (C=O) groups is 2. The topological polar surface area (TPSA) is 131 Å². The first kappa shape index (κ1) is 20.4.